The van der Waals surface area contributed by atoms with Crippen molar-refractivity contribution >= 4 is 78.4 Å². The van der Waals surface area contributed by atoms with Crippen LogP contribution in [0.2, 0.25) is 15.1 Å². The van der Waals surface area contributed by atoms with Gasteiger partial charge in [0, 0.05) is 40.1 Å². The number of ether oxygens (including phenoxy) is 1. The smallest absolute Gasteiger partial charge is 0.407 e. The fourth-order valence-electron chi connectivity index (χ4n) is 4.79. The number of aromatic nitrogens is 1. The maximum absolute atomic E-state index is 14.2. The molecule has 224 valence electrons. The Morgan fingerprint density at radius 2 is 1.44 bits per heavy atom. The normalized spacial score (nSPS) is 12.1. The molecule has 0 aliphatic carbocycles. The molecule has 0 fully saturated rings. The average Bonchev–Trinajstić information content (AvgIpc) is 3.23. The summed E-state index contributed by atoms with van der Waals surface area (Å²) in [7, 11) is -4.05. The van der Waals surface area contributed by atoms with Gasteiger partial charge in [-0.1, -0.05) is 64.6 Å². The van der Waals surface area contributed by atoms with Crippen molar-refractivity contribution in [2.45, 2.75) is 38.2 Å². The van der Waals surface area contributed by atoms with Crippen molar-refractivity contribution in [1.29, 1.82) is 0 Å². The number of alkyl carbamates (subject to hydrolysis) is 1. The van der Waals surface area contributed by atoms with E-state index in [1.807, 2.05) is 31.2 Å². The predicted octanol–water partition coefficient (Wildman–Crippen LogP) is 8.90. The molecule has 0 bridgehead atoms. The maximum Gasteiger partial charge on any atom is 0.407 e. The Kier molecular flexibility index (Phi) is 8.60. The summed E-state index contributed by atoms with van der Waals surface area (Å²) in [6.07, 6.45) is -0.515. The number of fused-ring (bicyclic) bond motifs is 3. The SMILES string of the molecule is Cc1ccc(S(=O)(=O)n2c3cc(Cl)c(Cl)cc3c3cc(NCCNC(=O)OC(C)(C)C)c(-c4ccc(Cl)cc4)cc32)cc1. The zero-order chi connectivity index (χ0) is 31.1. The van der Waals surface area contributed by atoms with E-state index in [0.29, 0.717) is 38.4 Å². The first kappa shape index (κ1) is 31.0. The quantitative estimate of drug-likeness (QED) is 0.171. The summed E-state index contributed by atoms with van der Waals surface area (Å²) in [5.41, 5.74) is 3.46. The van der Waals surface area contributed by atoms with Gasteiger partial charge in [0.25, 0.3) is 10.0 Å². The summed E-state index contributed by atoms with van der Waals surface area (Å²) in [6.45, 7) is 7.96. The van der Waals surface area contributed by atoms with Crippen molar-refractivity contribution in [2.24, 2.45) is 0 Å². The summed E-state index contributed by atoms with van der Waals surface area (Å²) in [5, 5.41) is 8.53. The fourth-order valence-corrected chi connectivity index (χ4v) is 6.75. The lowest BCUT2D eigenvalue weighted by atomic mass is 10.0. The number of rotatable bonds is 7. The van der Waals surface area contributed by atoms with Gasteiger partial charge < -0.3 is 15.4 Å². The second-order valence-corrected chi connectivity index (χ2v) is 14.2. The Bertz CT molecular complexity index is 1950. The van der Waals surface area contributed by atoms with Crippen LogP contribution in [0.4, 0.5) is 10.5 Å². The molecule has 7 nitrogen and oxygen atoms in total. The number of nitrogens with zero attached hydrogens (tertiary/aromatic N) is 1. The highest BCUT2D eigenvalue weighted by atomic mass is 35.5. The Hall–Kier alpha value is -3.43. The van der Waals surface area contributed by atoms with Crippen LogP contribution in [0.5, 0.6) is 0 Å². The minimum absolute atomic E-state index is 0.145. The van der Waals surface area contributed by atoms with Gasteiger partial charge in [-0.15, -0.1) is 0 Å². The van der Waals surface area contributed by atoms with Gasteiger partial charge in [-0.3, -0.25) is 0 Å². The maximum atomic E-state index is 14.2. The van der Waals surface area contributed by atoms with Gasteiger partial charge in [-0.05, 0) is 81.8 Å². The third kappa shape index (κ3) is 6.58. The fraction of sp³-hybridized carbons (Fsp3) is 0.219. The number of aryl methyl sites for hydroxylation is 1. The Morgan fingerprint density at radius 1 is 0.837 bits per heavy atom. The standard InChI is InChI=1S/C32H30Cl3N3O4S/c1-19-5-11-22(12-6-19)43(40,41)38-29-17-23(20-7-9-21(33)10-8-20)28(36-13-14-37-31(39)42-32(2,3)4)16-25(29)24-15-26(34)27(35)18-30(24)38/h5-12,15-18,36H,13-14H2,1-4H3,(H,37,39). The minimum atomic E-state index is -4.05. The Labute approximate surface area is 265 Å². The highest BCUT2D eigenvalue weighted by molar-refractivity contribution is 7.90. The molecule has 2 N–H and O–H groups in total. The first-order valence-electron chi connectivity index (χ1n) is 13.5. The molecule has 0 saturated heterocycles. The third-order valence-electron chi connectivity index (χ3n) is 6.73. The largest absolute Gasteiger partial charge is 0.444 e. The van der Waals surface area contributed by atoms with Gasteiger partial charge in [0.15, 0.2) is 0 Å². The van der Waals surface area contributed by atoms with Crippen LogP contribution in [0.3, 0.4) is 0 Å². The van der Waals surface area contributed by atoms with Crippen molar-refractivity contribution in [3.05, 3.63) is 93.4 Å². The van der Waals surface area contributed by atoms with Gasteiger partial charge in [0.1, 0.15) is 5.60 Å². The van der Waals surface area contributed by atoms with Crippen LogP contribution in [0.1, 0.15) is 26.3 Å². The van der Waals surface area contributed by atoms with Crippen molar-refractivity contribution in [3.63, 3.8) is 0 Å². The predicted molar refractivity (Wildman–Crippen MR) is 176 cm³/mol. The van der Waals surface area contributed by atoms with Crippen molar-refractivity contribution in [1.82, 2.24) is 9.29 Å². The van der Waals surface area contributed by atoms with Gasteiger partial charge in [0.05, 0.1) is 26.0 Å². The highest BCUT2D eigenvalue weighted by Crippen LogP contribution is 2.41. The number of hydrogen-bond acceptors (Lipinski definition) is 5. The molecule has 0 saturated carbocycles. The monoisotopic (exact) mass is 657 g/mol. The topological polar surface area (TPSA) is 89.4 Å². The summed E-state index contributed by atoms with van der Waals surface area (Å²) in [4.78, 5) is 12.3. The van der Waals surface area contributed by atoms with Gasteiger partial charge in [-0.2, -0.15) is 0 Å². The highest BCUT2D eigenvalue weighted by Gasteiger charge is 2.26. The number of anilines is 1. The van der Waals surface area contributed by atoms with Gasteiger partial charge in [-0.25, -0.2) is 17.2 Å². The van der Waals surface area contributed by atoms with E-state index in [1.165, 1.54) is 3.97 Å². The first-order valence-corrected chi connectivity index (χ1v) is 16.1. The van der Waals surface area contributed by atoms with Crippen molar-refractivity contribution < 1.29 is 17.9 Å². The molecular weight excluding hydrogens is 629 g/mol. The molecular formula is C32H30Cl3N3O4S. The van der Waals surface area contributed by atoms with Gasteiger partial charge >= 0.3 is 6.09 Å². The van der Waals surface area contributed by atoms with E-state index in [-0.39, 0.29) is 16.5 Å². The molecule has 1 aromatic heterocycles. The van der Waals surface area contributed by atoms with Crippen LogP contribution in [0.25, 0.3) is 32.9 Å². The van der Waals surface area contributed by atoms with E-state index >= 15 is 0 Å². The number of halogens is 3. The summed E-state index contributed by atoms with van der Waals surface area (Å²) >= 11 is 19.0. The lowest BCUT2D eigenvalue weighted by Crippen LogP contribution is -2.35. The molecule has 0 spiro atoms. The van der Waals surface area contributed by atoms with Crippen LogP contribution >= 0.6 is 34.8 Å². The lowest BCUT2D eigenvalue weighted by molar-refractivity contribution is 0.0530. The van der Waals surface area contributed by atoms with Crippen LogP contribution in [-0.4, -0.2) is 37.2 Å². The number of amides is 1. The van der Waals surface area contributed by atoms with E-state index < -0.39 is 21.7 Å². The minimum Gasteiger partial charge on any atom is -0.444 e. The first-order chi connectivity index (χ1) is 20.2. The van der Waals surface area contributed by atoms with E-state index in [9.17, 15) is 13.2 Å². The summed E-state index contributed by atoms with van der Waals surface area (Å²) in [5.74, 6) is 0. The molecule has 11 heteroatoms. The second-order valence-electron chi connectivity index (χ2n) is 11.1. The summed E-state index contributed by atoms with van der Waals surface area (Å²) in [6, 6.07) is 20.9. The Balaban J connectivity index is 1.68. The number of carbonyl (C=O) groups excluding carboxylic acids is 1. The molecule has 0 aliphatic rings. The molecule has 1 heterocycles. The Morgan fingerprint density at radius 3 is 2.09 bits per heavy atom. The van der Waals surface area contributed by atoms with E-state index in [0.717, 1.165) is 22.4 Å². The number of carbonyl (C=O) groups is 1. The van der Waals surface area contributed by atoms with E-state index in [4.69, 9.17) is 39.5 Å². The molecule has 43 heavy (non-hydrogen) atoms. The molecule has 0 radical (unpaired) electrons. The van der Waals surface area contributed by atoms with Gasteiger partial charge in [0.2, 0.25) is 0 Å². The van der Waals surface area contributed by atoms with Crippen molar-refractivity contribution in [2.75, 3.05) is 18.4 Å². The molecule has 5 rings (SSSR count). The van der Waals surface area contributed by atoms with Crippen LogP contribution in [-0.2, 0) is 14.8 Å². The molecule has 0 aliphatic heterocycles. The second kappa shape index (κ2) is 11.9. The molecule has 0 unspecified atom stereocenters. The molecule has 0 atom stereocenters. The zero-order valence-electron chi connectivity index (χ0n) is 24.0. The number of benzene rings is 4. The molecule has 5 aromatic rings. The van der Waals surface area contributed by atoms with Crippen molar-refractivity contribution in [3.8, 4) is 11.1 Å². The lowest BCUT2D eigenvalue weighted by Gasteiger charge is -2.20. The third-order valence-corrected chi connectivity index (χ3v) is 9.44. The number of nitrogens with one attached hydrogen (secondary N) is 2. The molecule has 1 amide bonds. The average molecular weight is 659 g/mol. The summed E-state index contributed by atoms with van der Waals surface area (Å²) < 4.78 is 35.0. The van der Waals surface area contributed by atoms with Crippen LogP contribution in [0, 0.1) is 6.92 Å². The number of hydrogen-bond donors (Lipinski definition) is 2. The van der Waals surface area contributed by atoms with E-state index in [1.54, 1.807) is 69.3 Å². The zero-order valence-corrected chi connectivity index (χ0v) is 27.0. The van der Waals surface area contributed by atoms with Crippen LogP contribution < -0.4 is 10.6 Å². The molecule has 4 aromatic carbocycles. The van der Waals surface area contributed by atoms with Crippen LogP contribution in [0.15, 0.2) is 77.7 Å². The van der Waals surface area contributed by atoms with E-state index in [2.05, 4.69) is 10.6 Å².